The van der Waals surface area contributed by atoms with Gasteiger partial charge in [0.25, 0.3) is 5.91 Å². The fourth-order valence-electron chi connectivity index (χ4n) is 9.52. The zero-order chi connectivity index (χ0) is 33.7. The summed E-state index contributed by atoms with van der Waals surface area (Å²) in [6.45, 7) is 3.04. The molecule has 48 heavy (non-hydrogen) atoms. The Morgan fingerprint density at radius 1 is 0.979 bits per heavy atom. The van der Waals surface area contributed by atoms with E-state index in [1.54, 1.807) is 30.5 Å². The summed E-state index contributed by atoms with van der Waals surface area (Å²) in [6.07, 6.45) is 4.83. The molecule has 10 unspecified atom stereocenters. The number of amides is 1. The van der Waals surface area contributed by atoms with Crippen LogP contribution in [0.25, 0.3) is 0 Å². The number of carbonyl (C=O) groups excluding carboxylic acids is 4. The Bertz CT molecular complexity index is 1470. The molecule has 0 spiro atoms. The van der Waals surface area contributed by atoms with E-state index >= 15 is 4.39 Å². The highest BCUT2D eigenvalue weighted by atomic mass is 19.1. The van der Waals surface area contributed by atoms with Crippen LogP contribution in [0.3, 0.4) is 0 Å². The van der Waals surface area contributed by atoms with Crippen molar-refractivity contribution in [2.24, 2.45) is 17.8 Å². The normalized spacial score (nSPS) is 35.9. The first-order valence-corrected chi connectivity index (χ1v) is 18.0. The molecule has 4 fully saturated rings. The molecule has 2 saturated carbocycles. The number of ether oxygens (including phenoxy) is 1. The molecule has 10 atom stereocenters. The molecule has 3 heterocycles. The van der Waals surface area contributed by atoms with Crippen LogP contribution in [0.4, 0.5) is 4.39 Å². The van der Waals surface area contributed by atoms with Crippen LogP contribution in [0, 0.1) is 17.8 Å². The average molecular weight is 664 g/mol. The third-order valence-corrected chi connectivity index (χ3v) is 12.0. The minimum atomic E-state index is -1.34. The number of nitrogens with zero attached hydrogens (tertiary/aromatic N) is 3. The second-order valence-corrected chi connectivity index (χ2v) is 15.2. The van der Waals surface area contributed by atoms with Crippen LogP contribution in [0.1, 0.15) is 72.1 Å². The number of morpholine rings is 1. The molecular weight excluding hydrogens is 613 g/mol. The second kappa shape index (κ2) is 13.7. The van der Waals surface area contributed by atoms with Gasteiger partial charge in [-0.05, 0) is 92.1 Å². The van der Waals surface area contributed by atoms with E-state index in [-0.39, 0.29) is 35.4 Å². The number of carbonyl (C=O) groups is 4. The number of benzene rings is 1. The summed E-state index contributed by atoms with van der Waals surface area (Å²) < 4.78 is 23.1. The van der Waals surface area contributed by atoms with Crippen molar-refractivity contribution in [2.75, 3.05) is 47.3 Å². The Balaban J connectivity index is 1.17. The molecule has 3 aliphatic heterocycles. The van der Waals surface area contributed by atoms with Crippen LogP contribution < -0.4 is 10.6 Å². The SMILES string of the molecule is CN(C)CCCCNC(=O)C1=CN2C3CC4C(=O)c5ccccc5C(=O)C4CC3OC3C(NCCC4CCCN4C)C(F)CC(C1=O)C32. The Kier molecular flexibility index (Phi) is 9.58. The summed E-state index contributed by atoms with van der Waals surface area (Å²) in [5.74, 6) is -2.63. The molecule has 1 amide bonds. The molecule has 260 valence electrons. The van der Waals surface area contributed by atoms with E-state index < -0.39 is 54.1 Å². The lowest BCUT2D eigenvalue weighted by atomic mass is 9.63. The Morgan fingerprint density at radius 2 is 1.71 bits per heavy atom. The molecule has 10 nitrogen and oxygen atoms in total. The fourth-order valence-corrected chi connectivity index (χ4v) is 9.52. The van der Waals surface area contributed by atoms with Crippen LogP contribution in [0.2, 0.25) is 0 Å². The topological polar surface area (TPSA) is 111 Å². The average Bonchev–Trinajstić information content (AvgIpc) is 3.48. The van der Waals surface area contributed by atoms with Crippen molar-refractivity contribution >= 4 is 23.3 Å². The number of unbranched alkanes of at least 4 members (excludes halogenated alkanes) is 1. The van der Waals surface area contributed by atoms with Gasteiger partial charge in [0.2, 0.25) is 0 Å². The molecule has 2 N–H and O–H groups in total. The largest absolute Gasteiger partial charge is 0.369 e. The molecule has 1 aromatic carbocycles. The fraction of sp³-hybridized carbons (Fsp3) is 0.676. The van der Waals surface area contributed by atoms with Crippen LogP contribution in [0.15, 0.2) is 36.0 Å². The van der Waals surface area contributed by atoms with E-state index in [0.29, 0.717) is 43.1 Å². The number of hydrogen-bond acceptors (Lipinski definition) is 9. The van der Waals surface area contributed by atoms with Crippen molar-refractivity contribution in [3.05, 3.63) is 47.2 Å². The third kappa shape index (κ3) is 6.05. The monoisotopic (exact) mass is 663 g/mol. The van der Waals surface area contributed by atoms with Gasteiger partial charge in [0.05, 0.1) is 35.9 Å². The number of fused-ring (bicyclic) bond motifs is 4. The van der Waals surface area contributed by atoms with Crippen LogP contribution >= 0.6 is 0 Å². The van der Waals surface area contributed by atoms with E-state index in [1.165, 1.54) is 0 Å². The number of rotatable bonds is 10. The summed E-state index contributed by atoms with van der Waals surface area (Å²) >= 11 is 0. The van der Waals surface area contributed by atoms with E-state index in [2.05, 4.69) is 32.4 Å². The first kappa shape index (κ1) is 33.5. The molecule has 0 radical (unpaired) electrons. The van der Waals surface area contributed by atoms with Gasteiger partial charge in [-0.2, -0.15) is 0 Å². The van der Waals surface area contributed by atoms with E-state index in [9.17, 15) is 19.2 Å². The van der Waals surface area contributed by atoms with Crippen LogP contribution in [-0.4, -0.2) is 128 Å². The van der Waals surface area contributed by atoms with Crippen molar-refractivity contribution in [3.63, 3.8) is 0 Å². The van der Waals surface area contributed by atoms with Gasteiger partial charge in [-0.25, -0.2) is 4.39 Å². The number of alkyl halides is 1. The molecule has 0 aromatic heterocycles. The molecular formula is C37H50FN5O5. The smallest absolute Gasteiger partial charge is 0.256 e. The lowest BCUT2D eigenvalue weighted by molar-refractivity contribution is -0.203. The number of likely N-dealkylation sites (tertiary alicyclic amines) is 1. The quantitative estimate of drug-likeness (QED) is 0.289. The van der Waals surface area contributed by atoms with E-state index in [0.717, 1.165) is 45.2 Å². The minimum Gasteiger partial charge on any atom is -0.369 e. The lowest BCUT2D eigenvalue weighted by Crippen LogP contribution is -2.73. The molecule has 0 bridgehead atoms. The standard InChI is InChI=1S/C37H50FN5O5/c1-41(2)15-7-6-13-40-37(47)27-20-43-29-18-24-25(34(45)23-11-5-4-10-22(23)33(24)44)19-30(29)48-36-31(28(38)17-26(32(36)43)35(27)46)39-14-12-21-9-8-16-42(21)3/h4-5,10-11,20-21,24-26,28-32,36,39H,6-9,12-19H2,1-3H3,(H,40,47). The Morgan fingerprint density at radius 3 is 2.40 bits per heavy atom. The summed E-state index contributed by atoms with van der Waals surface area (Å²) in [5.41, 5.74) is 0.968. The first-order chi connectivity index (χ1) is 23.1. The van der Waals surface area contributed by atoms with Crippen molar-refractivity contribution in [3.8, 4) is 0 Å². The highest BCUT2D eigenvalue weighted by molar-refractivity contribution is 6.20. The number of hydrogen-bond donors (Lipinski definition) is 2. The minimum absolute atomic E-state index is 0.00252. The number of Topliss-reactive ketones (excluding diaryl/α,β-unsaturated/α-hetero) is 3. The van der Waals surface area contributed by atoms with E-state index in [1.807, 2.05) is 14.1 Å². The Hall–Kier alpha value is -2.99. The number of halogens is 1. The summed E-state index contributed by atoms with van der Waals surface area (Å²) in [5, 5.41) is 6.43. The molecule has 6 aliphatic rings. The van der Waals surface area contributed by atoms with Gasteiger partial charge in [0.15, 0.2) is 17.3 Å². The van der Waals surface area contributed by atoms with Gasteiger partial charge in [0.1, 0.15) is 6.17 Å². The molecule has 7 rings (SSSR count). The first-order valence-electron chi connectivity index (χ1n) is 18.0. The highest BCUT2D eigenvalue weighted by Gasteiger charge is 2.61. The van der Waals surface area contributed by atoms with Gasteiger partial charge in [-0.15, -0.1) is 0 Å². The second-order valence-electron chi connectivity index (χ2n) is 15.2. The maximum Gasteiger partial charge on any atom is 0.256 e. The van der Waals surface area contributed by atoms with Crippen molar-refractivity contribution in [1.82, 2.24) is 25.3 Å². The van der Waals surface area contributed by atoms with Crippen molar-refractivity contribution < 1.29 is 28.3 Å². The predicted octanol–water partition coefficient (Wildman–Crippen LogP) is 2.62. The molecule has 2 saturated heterocycles. The lowest BCUT2D eigenvalue weighted by Gasteiger charge is -2.60. The van der Waals surface area contributed by atoms with Crippen LogP contribution in [-0.2, 0) is 14.3 Å². The highest BCUT2D eigenvalue weighted by Crippen LogP contribution is 2.49. The predicted molar refractivity (Wildman–Crippen MR) is 178 cm³/mol. The summed E-state index contributed by atoms with van der Waals surface area (Å²) in [7, 11) is 6.14. The van der Waals surface area contributed by atoms with Gasteiger partial charge in [-0.3, -0.25) is 19.2 Å². The summed E-state index contributed by atoms with van der Waals surface area (Å²) in [4.78, 5) is 61.6. The van der Waals surface area contributed by atoms with Gasteiger partial charge in [-0.1, -0.05) is 24.3 Å². The van der Waals surface area contributed by atoms with Gasteiger partial charge >= 0.3 is 0 Å². The number of ketones is 3. The van der Waals surface area contributed by atoms with Crippen LogP contribution in [0.5, 0.6) is 0 Å². The van der Waals surface area contributed by atoms with Crippen molar-refractivity contribution in [1.29, 1.82) is 0 Å². The number of nitrogens with one attached hydrogen (secondary N) is 2. The Labute approximate surface area is 282 Å². The van der Waals surface area contributed by atoms with E-state index in [4.69, 9.17) is 4.74 Å². The zero-order valence-electron chi connectivity index (χ0n) is 28.4. The van der Waals surface area contributed by atoms with Crippen molar-refractivity contribution in [2.45, 2.75) is 93.9 Å². The molecule has 11 heteroatoms. The zero-order valence-corrected chi connectivity index (χ0v) is 28.4. The third-order valence-electron chi connectivity index (χ3n) is 12.0. The molecule has 3 aliphatic carbocycles. The maximum atomic E-state index is 16.3. The maximum absolute atomic E-state index is 16.3. The summed E-state index contributed by atoms with van der Waals surface area (Å²) in [6, 6.07) is 6.06. The van der Waals surface area contributed by atoms with Gasteiger partial charge < -0.3 is 30.1 Å². The molecule has 1 aromatic rings. The van der Waals surface area contributed by atoms with Gasteiger partial charge in [0, 0.05) is 47.7 Å².